The summed E-state index contributed by atoms with van der Waals surface area (Å²) < 4.78 is 0. The Morgan fingerprint density at radius 3 is 0.881 bits per heavy atom. The van der Waals surface area contributed by atoms with E-state index in [1.165, 1.54) is 108 Å². The molecule has 9 rings (SSSR count). The fraction of sp³-hybridized carbons (Fsp3) is 0.190. The van der Waals surface area contributed by atoms with E-state index in [2.05, 4.69) is 113 Å². The Bertz CT molecular complexity index is 2360. The second-order valence-electron chi connectivity index (χ2n) is 12.4. The number of benzene rings is 7. The molecule has 0 heteroatoms. The van der Waals surface area contributed by atoms with Crippen molar-refractivity contribution >= 4 is 86.2 Å². The molecule has 0 saturated carbocycles. The Morgan fingerprint density at radius 2 is 0.524 bits per heavy atom. The van der Waals surface area contributed by atoms with Gasteiger partial charge in [-0.1, -0.05) is 100 Å². The maximum atomic E-state index is 2.52. The minimum Gasteiger partial charge on any atom is -0.0613 e. The summed E-state index contributed by atoms with van der Waals surface area (Å²) in [5.41, 5.74) is 5.66. The standard InChI is InChI=1S/C42H34/c1-5-23-9-11-27-31(15-23)37-19-25(7-3)17-35-29-13-14-30-34(33(29)21-39(27)41(35)37)22-40-28-12-10-24(6-2)16-32(28)38-20-26(8-4)18-36(30)42(38)40/h9-22H,5-8H2,1-4H3. The highest BCUT2D eigenvalue weighted by Crippen LogP contribution is 2.48. The molecule has 9 aromatic rings. The molecule has 0 fully saturated rings. The first-order valence-corrected chi connectivity index (χ1v) is 15.8. The molecular formula is C42H34. The lowest BCUT2D eigenvalue weighted by Crippen LogP contribution is -1.87. The molecule has 0 radical (unpaired) electrons. The third-order valence-corrected chi connectivity index (χ3v) is 10.3. The lowest BCUT2D eigenvalue weighted by Gasteiger charge is -2.13. The van der Waals surface area contributed by atoms with Crippen LogP contribution in [-0.2, 0) is 25.7 Å². The van der Waals surface area contributed by atoms with Crippen LogP contribution in [0.1, 0.15) is 49.9 Å². The van der Waals surface area contributed by atoms with Crippen molar-refractivity contribution in [2.75, 3.05) is 0 Å². The molecule has 0 spiro atoms. The number of hydrogen-bond acceptors (Lipinski definition) is 0. The average Bonchev–Trinajstić information content (AvgIpc) is 3.53. The van der Waals surface area contributed by atoms with Crippen molar-refractivity contribution in [3.8, 4) is 0 Å². The predicted molar refractivity (Wildman–Crippen MR) is 186 cm³/mol. The number of fused-ring (bicyclic) bond motifs is 11. The molecule has 0 amide bonds. The van der Waals surface area contributed by atoms with Crippen molar-refractivity contribution in [1.29, 1.82) is 0 Å². The molecule has 0 aliphatic carbocycles. The minimum absolute atomic E-state index is 1.04. The van der Waals surface area contributed by atoms with Crippen molar-refractivity contribution in [3.05, 3.63) is 107 Å². The molecule has 0 nitrogen and oxygen atoms in total. The van der Waals surface area contributed by atoms with E-state index >= 15 is 0 Å². The Labute approximate surface area is 246 Å². The van der Waals surface area contributed by atoms with Gasteiger partial charge in [-0.15, -0.1) is 0 Å². The van der Waals surface area contributed by atoms with Crippen molar-refractivity contribution in [3.63, 3.8) is 0 Å². The number of hydrogen-bond donors (Lipinski definition) is 0. The van der Waals surface area contributed by atoms with Crippen LogP contribution in [0, 0.1) is 0 Å². The molecule has 0 heterocycles. The van der Waals surface area contributed by atoms with Crippen LogP contribution in [0.5, 0.6) is 0 Å². The van der Waals surface area contributed by atoms with Gasteiger partial charge in [-0.3, -0.25) is 0 Å². The lowest BCUT2D eigenvalue weighted by molar-refractivity contribution is 1.15. The Kier molecular flexibility index (Phi) is 4.93. The van der Waals surface area contributed by atoms with Gasteiger partial charge in [0.25, 0.3) is 0 Å². The normalized spacial score (nSPS) is 12.7. The van der Waals surface area contributed by atoms with E-state index in [0.29, 0.717) is 0 Å². The maximum absolute atomic E-state index is 2.52. The molecule has 202 valence electrons. The fourth-order valence-electron chi connectivity index (χ4n) is 8.06. The van der Waals surface area contributed by atoms with Gasteiger partial charge in [-0.2, -0.15) is 0 Å². The van der Waals surface area contributed by atoms with Crippen LogP contribution < -0.4 is 0 Å². The highest BCUT2D eigenvalue weighted by Gasteiger charge is 2.20. The summed E-state index contributed by atoms with van der Waals surface area (Å²) in [6, 6.07) is 34.0. The summed E-state index contributed by atoms with van der Waals surface area (Å²) >= 11 is 0. The molecule has 0 aromatic heterocycles. The molecule has 0 N–H and O–H groups in total. The van der Waals surface area contributed by atoms with Gasteiger partial charge in [0.2, 0.25) is 0 Å². The molecule has 42 heavy (non-hydrogen) atoms. The summed E-state index contributed by atoms with van der Waals surface area (Å²) in [7, 11) is 0. The van der Waals surface area contributed by atoms with E-state index in [-0.39, 0.29) is 0 Å². The van der Waals surface area contributed by atoms with Gasteiger partial charge in [0.05, 0.1) is 0 Å². The second-order valence-corrected chi connectivity index (χ2v) is 12.4. The molecule has 0 unspecified atom stereocenters. The SMILES string of the molecule is CCc1ccc2c(c1)c1cc(CC)cc3c4ccc5c(cc6c7ccc(CC)cc7c7cc(CC)cc5c76)c4cc2c31. The third-order valence-electron chi connectivity index (χ3n) is 10.3. The van der Waals surface area contributed by atoms with Crippen LogP contribution in [0.4, 0.5) is 0 Å². The summed E-state index contributed by atoms with van der Waals surface area (Å²) in [6.07, 6.45) is 4.20. The van der Waals surface area contributed by atoms with E-state index < -0.39 is 0 Å². The number of aryl methyl sites for hydroxylation is 4. The Morgan fingerprint density at radius 1 is 0.262 bits per heavy atom. The van der Waals surface area contributed by atoms with Crippen LogP contribution in [0.25, 0.3) is 86.2 Å². The summed E-state index contributed by atoms with van der Waals surface area (Å²) in [5.74, 6) is 0. The van der Waals surface area contributed by atoms with Gasteiger partial charge in [0.15, 0.2) is 0 Å². The summed E-state index contributed by atoms with van der Waals surface area (Å²) in [6.45, 7) is 9.08. The second kappa shape index (κ2) is 8.55. The van der Waals surface area contributed by atoms with Gasteiger partial charge >= 0.3 is 0 Å². The van der Waals surface area contributed by atoms with Crippen LogP contribution in [0.15, 0.2) is 84.9 Å². The highest BCUT2D eigenvalue weighted by atomic mass is 14.2. The maximum Gasteiger partial charge on any atom is -0.00197 e. The van der Waals surface area contributed by atoms with E-state index in [4.69, 9.17) is 0 Å². The molecular weight excluding hydrogens is 504 g/mol. The zero-order valence-corrected chi connectivity index (χ0v) is 24.9. The lowest BCUT2D eigenvalue weighted by atomic mass is 9.90. The summed E-state index contributed by atoms with van der Waals surface area (Å²) in [4.78, 5) is 0. The fourth-order valence-corrected chi connectivity index (χ4v) is 8.06. The van der Waals surface area contributed by atoms with Crippen molar-refractivity contribution in [2.45, 2.75) is 53.4 Å². The largest absolute Gasteiger partial charge is 0.0613 e. The van der Waals surface area contributed by atoms with E-state index in [1.807, 2.05) is 0 Å². The van der Waals surface area contributed by atoms with E-state index in [0.717, 1.165) is 25.7 Å². The molecule has 9 aromatic carbocycles. The van der Waals surface area contributed by atoms with Crippen LogP contribution in [-0.4, -0.2) is 0 Å². The first-order valence-electron chi connectivity index (χ1n) is 15.8. The Hall–Kier alpha value is -4.42. The van der Waals surface area contributed by atoms with Gasteiger partial charge in [0.1, 0.15) is 0 Å². The monoisotopic (exact) mass is 538 g/mol. The zero-order valence-electron chi connectivity index (χ0n) is 24.9. The molecule has 0 bridgehead atoms. The quantitative estimate of drug-likeness (QED) is 0.195. The van der Waals surface area contributed by atoms with Crippen molar-refractivity contribution in [1.82, 2.24) is 0 Å². The average molecular weight is 539 g/mol. The van der Waals surface area contributed by atoms with Crippen LogP contribution in [0.3, 0.4) is 0 Å². The van der Waals surface area contributed by atoms with E-state index in [1.54, 1.807) is 0 Å². The molecule has 0 aliphatic heterocycles. The predicted octanol–water partition coefficient (Wildman–Crippen LogP) is 12.0. The van der Waals surface area contributed by atoms with Crippen molar-refractivity contribution in [2.24, 2.45) is 0 Å². The first-order chi connectivity index (χ1) is 20.6. The van der Waals surface area contributed by atoms with Crippen LogP contribution in [0.2, 0.25) is 0 Å². The van der Waals surface area contributed by atoms with Gasteiger partial charge in [0, 0.05) is 0 Å². The number of rotatable bonds is 4. The first kappa shape index (κ1) is 24.2. The van der Waals surface area contributed by atoms with Gasteiger partial charge in [-0.25, -0.2) is 0 Å². The topological polar surface area (TPSA) is 0 Å². The van der Waals surface area contributed by atoms with Gasteiger partial charge < -0.3 is 0 Å². The molecule has 0 saturated heterocycles. The minimum atomic E-state index is 1.04. The van der Waals surface area contributed by atoms with Crippen molar-refractivity contribution < 1.29 is 0 Å². The van der Waals surface area contributed by atoms with E-state index in [9.17, 15) is 0 Å². The smallest absolute Gasteiger partial charge is 0.00197 e. The third kappa shape index (κ3) is 3.03. The highest BCUT2D eigenvalue weighted by molar-refractivity contribution is 6.40. The Balaban J connectivity index is 1.53. The summed E-state index contributed by atoms with van der Waals surface area (Å²) in [5, 5.41) is 22.4. The van der Waals surface area contributed by atoms with Crippen LogP contribution >= 0.6 is 0 Å². The molecule has 0 aliphatic rings. The van der Waals surface area contributed by atoms with Gasteiger partial charge in [-0.05, 0) is 146 Å². The molecule has 0 atom stereocenters. The zero-order chi connectivity index (χ0) is 28.3.